The number of ether oxygens (including phenoxy) is 2. The Kier molecular flexibility index (Phi) is 21.1. The quantitative estimate of drug-likeness (QED) is 0.123. The van der Waals surface area contributed by atoms with Crippen LogP contribution in [-0.4, -0.2) is 19.0 Å². The number of hydrogen-bond donors (Lipinski definition) is 0. The summed E-state index contributed by atoms with van der Waals surface area (Å²) in [4.78, 5) is 0. The van der Waals surface area contributed by atoms with Gasteiger partial charge in [-0.1, -0.05) is 118 Å². The topological polar surface area (TPSA) is 18.5 Å². The lowest BCUT2D eigenvalue weighted by Crippen LogP contribution is -2.41. The second-order valence-corrected chi connectivity index (χ2v) is 9.23. The summed E-state index contributed by atoms with van der Waals surface area (Å²) in [6.07, 6.45) is 23.9. The Hall–Kier alpha value is -0.0800. The molecule has 0 radical (unpaired) electrons. The Bertz CT molecular complexity index is 308. The summed E-state index contributed by atoms with van der Waals surface area (Å²) >= 11 is 0. The molecule has 1 unspecified atom stereocenters. The molecule has 0 rings (SSSR count). The van der Waals surface area contributed by atoms with E-state index in [2.05, 4.69) is 34.6 Å². The fourth-order valence-electron chi connectivity index (χ4n) is 4.25. The van der Waals surface area contributed by atoms with Crippen molar-refractivity contribution in [2.45, 2.75) is 156 Å². The van der Waals surface area contributed by atoms with E-state index in [1.165, 1.54) is 103 Å². The number of unbranched alkanes of at least 4 members (excludes halogenated alkanes) is 12. The normalized spacial score (nSPS) is 13.1. The molecule has 0 aromatic rings. The van der Waals surface area contributed by atoms with Crippen LogP contribution < -0.4 is 0 Å². The van der Waals surface area contributed by atoms with Crippen LogP contribution in [0.15, 0.2) is 0 Å². The van der Waals surface area contributed by atoms with Gasteiger partial charge in [0.1, 0.15) is 0 Å². The van der Waals surface area contributed by atoms with Gasteiger partial charge in [0.15, 0.2) is 5.79 Å². The summed E-state index contributed by atoms with van der Waals surface area (Å²) in [6.45, 7) is 12.8. The van der Waals surface area contributed by atoms with Crippen molar-refractivity contribution in [1.29, 1.82) is 0 Å². The molecule has 0 saturated heterocycles. The van der Waals surface area contributed by atoms with Crippen LogP contribution in [0.3, 0.4) is 0 Å². The third kappa shape index (κ3) is 16.3. The van der Waals surface area contributed by atoms with E-state index in [1.54, 1.807) is 0 Å². The molecule has 1 atom stereocenters. The molecule has 0 aromatic carbocycles. The molecule has 0 N–H and O–H groups in total. The fourth-order valence-corrected chi connectivity index (χ4v) is 4.25. The molecular weight excluding hydrogens is 356 g/mol. The Labute approximate surface area is 184 Å². The summed E-state index contributed by atoms with van der Waals surface area (Å²) in [7, 11) is 0. The van der Waals surface area contributed by atoms with Gasteiger partial charge >= 0.3 is 0 Å². The van der Waals surface area contributed by atoms with Crippen LogP contribution in [0.25, 0.3) is 0 Å². The zero-order valence-corrected chi connectivity index (χ0v) is 21.0. The van der Waals surface area contributed by atoms with Crippen molar-refractivity contribution in [3.63, 3.8) is 0 Å². The Morgan fingerprint density at radius 1 is 0.483 bits per heavy atom. The van der Waals surface area contributed by atoms with E-state index in [1.807, 2.05) is 0 Å². The van der Waals surface area contributed by atoms with E-state index in [0.717, 1.165) is 26.1 Å². The van der Waals surface area contributed by atoms with Crippen molar-refractivity contribution in [3.8, 4) is 0 Å². The van der Waals surface area contributed by atoms with Gasteiger partial charge in [-0.2, -0.15) is 0 Å². The van der Waals surface area contributed by atoms with E-state index >= 15 is 0 Å². The van der Waals surface area contributed by atoms with Crippen molar-refractivity contribution in [1.82, 2.24) is 0 Å². The Balaban J connectivity index is 4.50. The van der Waals surface area contributed by atoms with Crippen LogP contribution in [0, 0.1) is 5.92 Å². The van der Waals surface area contributed by atoms with E-state index in [9.17, 15) is 0 Å². The molecule has 0 heterocycles. The largest absolute Gasteiger partial charge is 0.350 e. The van der Waals surface area contributed by atoms with Crippen LogP contribution in [-0.2, 0) is 9.47 Å². The minimum Gasteiger partial charge on any atom is -0.350 e. The molecule has 29 heavy (non-hydrogen) atoms. The van der Waals surface area contributed by atoms with Gasteiger partial charge in [-0.3, -0.25) is 0 Å². The highest BCUT2D eigenvalue weighted by atomic mass is 16.7. The molecule has 0 aliphatic carbocycles. The van der Waals surface area contributed by atoms with Crippen LogP contribution in [0.1, 0.15) is 150 Å². The smallest absolute Gasteiger partial charge is 0.168 e. The Morgan fingerprint density at radius 2 is 0.828 bits per heavy atom. The molecule has 0 saturated carbocycles. The van der Waals surface area contributed by atoms with Gasteiger partial charge in [0.05, 0.1) is 0 Å². The lowest BCUT2D eigenvalue weighted by atomic mass is 9.87. The molecule has 0 fully saturated rings. The first kappa shape index (κ1) is 28.9. The van der Waals surface area contributed by atoms with Gasteiger partial charge in [-0.15, -0.1) is 0 Å². The fraction of sp³-hybridized carbons (Fsp3) is 1.00. The van der Waals surface area contributed by atoms with E-state index in [4.69, 9.17) is 9.47 Å². The summed E-state index contributed by atoms with van der Waals surface area (Å²) < 4.78 is 12.7. The first-order chi connectivity index (χ1) is 14.1. The number of rotatable bonds is 23. The third-order valence-corrected chi connectivity index (χ3v) is 6.24. The average Bonchev–Trinajstić information content (AvgIpc) is 2.73. The summed E-state index contributed by atoms with van der Waals surface area (Å²) in [5.41, 5.74) is 0. The minimum atomic E-state index is -0.392. The highest BCUT2D eigenvalue weighted by Gasteiger charge is 2.35. The molecule has 0 amide bonds. The van der Waals surface area contributed by atoms with Crippen molar-refractivity contribution < 1.29 is 9.47 Å². The first-order valence-corrected chi connectivity index (χ1v) is 13.4. The second kappa shape index (κ2) is 21.2. The maximum atomic E-state index is 6.34. The average molecular weight is 413 g/mol. The van der Waals surface area contributed by atoms with Gasteiger partial charge in [0.25, 0.3) is 0 Å². The maximum absolute atomic E-state index is 6.34. The third-order valence-electron chi connectivity index (χ3n) is 6.24. The van der Waals surface area contributed by atoms with Gasteiger partial charge in [0, 0.05) is 19.1 Å². The molecular formula is C27H56O2. The molecule has 2 heteroatoms. The highest BCUT2D eigenvalue weighted by molar-refractivity contribution is 4.76. The molecule has 0 aromatic heterocycles. The Morgan fingerprint density at radius 3 is 1.17 bits per heavy atom. The molecule has 0 aliphatic rings. The van der Waals surface area contributed by atoms with Gasteiger partial charge < -0.3 is 9.47 Å². The van der Waals surface area contributed by atoms with Crippen LogP contribution in [0.2, 0.25) is 0 Å². The van der Waals surface area contributed by atoms with Crippen molar-refractivity contribution in [3.05, 3.63) is 0 Å². The van der Waals surface area contributed by atoms with Gasteiger partial charge in [-0.05, 0) is 32.6 Å². The lowest BCUT2D eigenvalue weighted by molar-refractivity contribution is -0.258. The predicted molar refractivity (Wildman–Crippen MR) is 130 cm³/mol. The second-order valence-electron chi connectivity index (χ2n) is 9.23. The van der Waals surface area contributed by atoms with Crippen LogP contribution in [0.4, 0.5) is 0 Å². The molecule has 0 spiro atoms. The first-order valence-electron chi connectivity index (χ1n) is 13.4. The molecule has 176 valence electrons. The predicted octanol–water partition coefficient (Wildman–Crippen LogP) is 9.45. The van der Waals surface area contributed by atoms with Gasteiger partial charge in [-0.25, -0.2) is 0 Å². The lowest BCUT2D eigenvalue weighted by Gasteiger charge is -2.38. The summed E-state index contributed by atoms with van der Waals surface area (Å²) in [6, 6.07) is 0. The maximum Gasteiger partial charge on any atom is 0.168 e. The van der Waals surface area contributed by atoms with Gasteiger partial charge in [0.2, 0.25) is 0 Å². The summed E-state index contributed by atoms with van der Waals surface area (Å²) in [5.74, 6) is 0.142. The number of hydrogen-bond acceptors (Lipinski definition) is 2. The van der Waals surface area contributed by atoms with Crippen LogP contribution >= 0.6 is 0 Å². The summed E-state index contributed by atoms with van der Waals surface area (Å²) in [5, 5.41) is 0. The van der Waals surface area contributed by atoms with Crippen LogP contribution in [0.5, 0.6) is 0 Å². The van der Waals surface area contributed by atoms with E-state index in [0.29, 0.717) is 5.92 Å². The van der Waals surface area contributed by atoms with E-state index in [-0.39, 0.29) is 0 Å². The SMILES string of the molecule is CCCCCCCCCCC(CCCCCCCC)C(C)(OCCC)OCCC. The highest BCUT2D eigenvalue weighted by Crippen LogP contribution is 2.33. The van der Waals surface area contributed by atoms with E-state index < -0.39 is 5.79 Å². The van der Waals surface area contributed by atoms with Crippen molar-refractivity contribution >= 4 is 0 Å². The van der Waals surface area contributed by atoms with Crippen molar-refractivity contribution in [2.24, 2.45) is 5.92 Å². The van der Waals surface area contributed by atoms with Crippen molar-refractivity contribution in [2.75, 3.05) is 13.2 Å². The zero-order valence-electron chi connectivity index (χ0n) is 21.0. The minimum absolute atomic E-state index is 0.392. The molecule has 2 nitrogen and oxygen atoms in total. The zero-order chi connectivity index (χ0) is 21.6. The molecule has 0 aliphatic heterocycles. The monoisotopic (exact) mass is 412 g/mol. The standard InChI is InChI=1S/C27H56O2/c1-6-10-12-14-16-17-19-21-23-26(22-20-18-15-13-11-7-2)27(5,28-24-8-3)29-25-9-4/h26H,6-25H2,1-5H3. The molecule has 0 bridgehead atoms.